The fraction of sp³-hybridized carbons (Fsp3) is 0.600. The van der Waals surface area contributed by atoms with E-state index in [0.29, 0.717) is 22.7 Å². The molecule has 1 fully saturated rings. The number of alkyl halides is 1. The lowest BCUT2D eigenvalue weighted by Crippen LogP contribution is -2.33. The van der Waals surface area contributed by atoms with E-state index in [4.69, 9.17) is 11.6 Å². The Hall–Kier alpha value is -0.780. The minimum absolute atomic E-state index is 0.315. The molecule has 1 aromatic carbocycles. The van der Waals surface area contributed by atoms with Gasteiger partial charge >= 0.3 is 0 Å². The third kappa shape index (κ3) is 3.90. The summed E-state index contributed by atoms with van der Waals surface area (Å²) in [5.74, 6) is 1.16. The van der Waals surface area contributed by atoms with E-state index < -0.39 is 10.0 Å². The summed E-state index contributed by atoms with van der Waals surface area (Å²) >= 11 is 6.04. The Balaban J connectivity index is 2.09. The van der Waals surface area contributed by atoms with Crippen molar-refractivity contribution in [1.82, 2.24) is 4.31 Å². The van der Waals surface area contributed by atoms with Crippen molar-refractivity contribution < 1.29 is 8.42 Å². The number of hydrogen-bond donors (Lipinski definition) is 1. The van der Waals surface area contributed by atoms with Crippen LogP contribution in [-0.4, -0.2) is 38.7 Å². The van der Waals surface area contributed by atoms with Crippen LogP contribution in [-0.2, 0) is 10.0 Å². The van der Waals surface area contributed by atoms with Crippen molar-refractivity contribution in [1.29, 1.82) is 0 Å². The first kappa shape index (κ1) is 16.6. The van der Waals surface area contributed by atoms with E-state index in [2.05, 4.69) is 5.32 Å². The Labute approximate surface area is 132 Å². The van der Waals surface area contributed by atoms with Crippen LogP contribution in [0.25, 0.3) is 0 Å². The summed E-state index contributed by atoms with van der Waals surface area (Å²) < 4.78 is 25.3. The van der Waals surface area contributed by atoms with Gasteiger partial charge < -0.3 is 5.32 Å². The lowest BCUT2D eigenvalue weighted by atomic mass is 9.85. The highest BCUT2D eigenvalue weighted by molar-refractivity contribution is 7.89. The summed E-state index contributed by atoms with van der Waals surface area (Å²) in [6.45, 7) is 0. The summed E-state index contributed by atoms with van der Waals surface area (Å²) in [7, 11) is -0.285. The molecule has 21 heavy (non-hydrogen) atoms. The van der Waals surface area contributed by atoms with Gasteiger partial charge in [0.1, 0.15) is 0 Å². The Morgan fingerprint density at radius 3 is 2.38 bits per heavy atom. The predicted octanol–water partition coefficient (Wildman–Crippen LogP) is 3.15. The van der Waals surface area contributed by atoms with Crippen LogP contribution in [0, 0.1) is 5.92 Å². The molecule has 1 saturated carbocycles. The molecule has 2 unspecified atom stereocenters. The summed E-state index contributed by atoms with van der Waals surface area (Å²) in [4.78, 5) is 0.315. The van der Waals surface area contributed by atoms with E-state index in [9.17, 15) is 8.42 Å². The van der Waals surface area contributed by atoms with Gasteiger partial charge in [-0.2, -0.15) is 0 Å². The minimum atomic E-state index is -3.36. The molecule has 118 valence electrons. The quantitative estimate of drug-likeness (QED) is 0.844. The van der Waals surface area contributed by atoms with Crippen molar-refractivity contribution >= 4 is 27.3 Å². The first-order valence-electron chi connectivity index (χ1n) is 7.30. The number of anilines is 1. The van der Waals surface area contributed by atoms with Gasteiger partial charge in [0.25, 0.3) is 0 Å². The lowest BCUT2D eigenvalue weighted by molar-refractivity contribution is 0.353. The second kappa shape index (κ2) is 6.99. The van der Waals surface area contributed by atoms with Crippen molar-refractivity contribution in [2.24, 2.45) is 5.92 Å². The molecule has 2 rings (SSSR count). The molecule has 0 amide bonds. The number of nitrogens with one attached hydrogen (secondary N) is 1. The van der Waals surface area contributed by atoms with Crippen LogP contribution in [0.1, 0.15) is 25.7 Å². The molecule has 1 N–H and O–H groups in total. The van der Waals surface area contributed by atoms with Crippen molar-refractivity contribution in [2.75, 3.05) is 25.3 Å². The molecule has 0 spiro atoms. The van der Waals surface area contributed by atoms with Crippen molar-refractivity contribution in [2.45, 2.75) is 36.6 Å². The van der Waals surface area contributed by atoms with Crippen LogP contribution in [0.3, 0.4) is 0 Å². The molecule has 1 aromatic rings. The number of rotatable bonds is 5. The fourth-order valence-corrected chi connectivity index (χ4v) is 4.00. The van der Waals surface area contributed by atoms with E-state index in [1.54, 1.807) is 12.1 Å². The molecule has 0 aliphatic heterocycles. The zero-order valence-electron chi connectivity index (χ0n) is 12.5. The predicted molar refractivity (Wildman–Crippen MR) is 87.4 cm³/mol. The highest BCUT2D eigenvalue weighted by Gasteiger charge is 2.24. The Kier molecular flexibility index (Phi) is 5.52. The molecule has 0 bridgehead atoms. The van der Waals surface area contributed by atoms with Gasteiger partial charge in [-0.1, -0.05) is 12.8 Å². The second-order valence-corrected chi connectivity index (χ2v) is 8.22. The molecule has 0 heterocycles. The Morgan fingerprint density at radius 2 is 1.81 bits per heavy atom. The first-order chi connectivity index (χ1) is 9.95. The molecule has 2 atom stereocenters. The maximum Gasteiger partial charge on any atom is 0.242 e. The summed E-state index contributed by atoms with van der Waals surface area (Å²) in [5.41, 5.74) is 0.953. The molecule has 6 heteroatoms. The SMILES string of the molecule is CN(C)S(=O)(=O)c1ccc(NC2CCCCC2CCl)cc1. The maximum atomic E-state index is 12.0. The van der Waals surface area contributed by atoms with Gasteiger partial charge in [-0.25, -0.2) is 12.7 Å². The highest BCUT2D eigenvalue weighted by Crippen LogP contribution is 2.28. The molecule has 1 aliphatic carbocycles. The van der Waals surface area contributed by atoms with Crippen LogP contribution in [0.4, 0.5) is 5.69 Å². The van der Waals surface area contributed by atoms with Gasteiger partial charge in [0, 0.05) is 31.7 Å². The summed E-state index contributed by atoms with van der Waals surface area (Å²) in [5, 5.41) is 3.50. The Morgan fingerprint density at radius 1 is 1.19 bits per heavy atom. The van der Waals surface area contributed by atoms with Crippen LogP contribution in [0.5, 0.6) is 0 Å². The molecule has 0 saturated heterocycles. The summed E-state index contributed by atoms with van der Waals surface area (Å²) in [6, 6.07) is 7.34. The number of nitrogens with zero attached hydrogens (tertiary/aromatic N) is 1. The molecular weight excluding hydrogens is 308 g/mol. The molecule has 4 nitrogen and oxygen atoms in total. The van der Waals surface area contributed by atoms with Gasteiger partial charge in [0.2, 0.25) is 10.0 Å². The third-order valence-corrected chi connectivity index (χ3v) is 6.32. The zero-order chi connectivity index (χ0) is 15.5. The second-order valence-electron chi connectivity index (χ2n) is 5.76. The van der Waals surface area contributed by atoms with Crippen LogP contribution < -0.4 is 5.32 Å². The highest BCUT2D eigenvalue weighted by atomic mass is 35.5. The van der Waals surface area contributed by atoms with Gasteiger partial charge in [-0.05, 0) is 43.0 Å². The van der Waals surface area contributed by atoms with E-state index in [1.807, 2.05) is 12.1 Å². The zero-order valence-corrected chi connectivity index (χ0v) is 14.1. The molecule has 1 aliphatic rings. The fourth-order valence-electron chi connectivity index (χ4n) is 2.73. The smallest absolute Gasteiger partial charge is 0.242 e. The van der Waals surface area contributed by atoms with E-state index in [-0.39, 0.29) is 0 Å². The molecular formula is C15H23ClN2O2S. The van der Waals surface area contributed by atoms with E-state index in [1.165, 1.54) is 31.2 Å². The Bertz CT molecular complexity index is 558. The number of halogens is 1. The minimum Gasteiger partial charge on any atom is -0.382 e. The van der Waals surface area contributed by atoms with Gasteiger partial charge in [-0.15, -0.1) is 11.6 Å². The topological polar surface area (TPSA) is 49.4 Å². The average Bonchev–Trinajstić information content (AvgIpc) is 2.48. The van der Waals surface area contributed by atoms with Crippen molar-refractivity contribution in [3.8, 4) is 0 Å². The number of hydrogen-bond acceptors (Lipinski definition) is 3. The van der Waals surface area contributed by atoms with Crippen molar-refractivity contribution in [3.05, 3.63) is 24.3 Å². The van der Waals surface area contributed by atoms with Gasteiger partial charge in [0.15, 0.2) is 0 Å². The number of sulfonamides is 1. The monoisotopic (exact) mass is 330 g/mol. The third-order valence-electron chi connectivity index (χ3n) is 4.09. The van der Waals surface area contributed by atoms with Gasteiger partial charge in [-0.3, -0.25) is 0 Å². The van der Waals surface area contributed by atoms with Crippen LogP contribution in [0.2, 0.25) is 0 Å². The average molecular weight is 331 g/mol. The first-order valence-corrected chi connectivity index (χ1v) is 9.27. The van der Waals surface area contributed by atoms with Crippen LogP contribution >= 0.6 is 11.6 Å². The maximum absolute atomic E-state index is 12.0. The van der Waals surface area contributed by atoms with Crippen LogP contribution in [0.15, 0.2) is 29.2 Å². The largest absolute Gasteiger partial charge is 0.382 e. The normalized spacial score (nSPS) is 23.2. The number of benzene rings is 1. The van der Waals surface area contributed by atoms with Gasteiger partial charge in [0.05, 0.1) is 4.90 Å². The molecule has 0 radical (unpaired) electrons. The molecule has 0 aromatic heterocycles. The van der Waals surface area contributed by atoms with E-state index >= 15 is 0 Å². The van der Waals surface area contributed by atoms with Crippen molar-refractivity contribution in [3.63, 3.8) is 0 Å². The van der Waals surface area contributed by atoms with E-state index in [0.717, 1.165) is 18.5 Å². The standard InChI is InChI=1S/C15H23ClN2O2S/c1-18(2)21(19,20)14-9-7-13(8-10-14)17-15-6-4-3-5-12(15)11-16/h7-10,12,15,17H,3-6,11H2,1-2H3. The summed E-state index contributed by atoms with van der Waals surface area (Å²) in [6.07, 6.45) is 4.75. The lowest BCUT2D eigenvalue weighted by Gasteiger charge is -2.31.